The molecule has 1 aromatic carbocycles. The highest BCUT2D eigenvalue weighted by atomic mass is 35.5. The Kier molecular flexibility index (Phi) is 6.38. The van der Waals surface area contributed by atoms with E-state index in [1.165, 1.54) is 18.2 Å². The molecule has 1 atom stereocenters. The third-order valence-electron chi connectivity index (χ3n) is 5.40. The summed E-state index contributed by atoms with van der Waals surface area (Å²) >= 11 is 0. The molecule has 0 saturated carbocycles. The largest absolute Gasteiger partial charge is 0.497 e. The quantitative estimate of drug-likeness (QED) is 0.783. The average Bonchev–Trinajstić information content (AvgIpc) is 2.76. The van der Waals surface area contributed by atoms with E-state index in [0.29, 0.717) is 5.56 Å². The fourth-order valence-corrected chi connectivity index (χ4v) is 3.08. The van der Waals surface area contributed by atoms with Crippen molar-refractivity contribution >= 4 is 30.9 Å². The molecular formula is C18H27BClFN2O3. The molecule has 2 fully saturated rings. The highest BCUT2D eigenvalue weighted by Crippen LogP contribution is 2.36. The summed E-state index contributed by atoms with van der Waals surface area (Å²) in [5.74, 6) is -0.638. The maximum Gasteiger partial charge on any atom is 0.497 e. The summed E-state index contributed by atoms with van der Waals surface area (Å²) in [5, 5.41) is 6.26. The molecule has 8 heteroatoms. The van der Waals surface area contributed by atoms with Crippen LogP contribution < -0.4 is 16.1 Å². The Balaban J connectivity index is 0.00000243. The molecule has 144 valence electrons. The molecule has 0 bridgehead atoms. The maximum absolute atomic E-state index is 14.3. The van der Waals surface area contributed by atoms with E-state index >= 15 is 0 Å². The first-order chi connectivity index (χ1) is 11.7. The number of rotatable bonds is 3. The van der Waals surface area contributed by atoms with Gasteiger partial charge in [-0.15, -0.1) is 12.4 Å². The Labute approximate surface area is 160 Å². The molecule has 0 spiro atoms. The number of carbonyl (C=O) groups excluding carboxylic acids is 1. The van der Waals surface area contributed by atoms with Gasteiger partial charge in [0, 0.05) is 23.6 Å². The van der Waals surface area contributed by atoms with Crippen LogP contribution in [0.2, 0.25) is 0 Å². The Morgan fingerprint density at radius 2 is 1.92 bits per heavy atom. The molecule has 0 radical (unpaired) electrons. The topological polar surface area (TPSA) is 59.6 Å². The highest BCUT2D eigenvalue weighted by Gasteiger charge is 2.52. The van der Waals surface area contributed by atoms with E-state index in [1.807, 2.05) is 27.7 Å². The van der Waals surface area contributed by atoms with E-state index in [4.69, 9.17) is 9.31 Å². The lowest BCUT2D eigenvalue weighted by molar-refractivity contribution is 0.00578. The average molecular weight is 385 g/mol. The van der Waals surface area contributed by atoms with Crippen LogP contribution in [0.15, 0.2) is 18.2 Å². The van der Waals surface area contributed by atoms with Crippen molar-refractivity contribution in [2.45, 2.75) is 57.8 Å². The van der Waals surface area contributed by atoms with Crippen LogP contribution >= 0.6 is 12.4 Å². The number of piperidine rings is 1. The van der Waals surface area contributed by atoms with Crippen LogP contribution in [0.4, 0.5) is 4.39 Å². The van der Waals surface area contributed by atoms with Gasteiger partial charge in [0.2, 0.25) is 0 Å². The van der Waals surface area contributed by atoms with Gasteiger partial charge in [-0.05, 0) is 65.3 Å². The van der Waals surface area contributed by atoms with E-state index in [-0.39, 0.29) is 29.8 Å². The molecule has 2 aliphatic heterocycles. The zero-order valence-corrected chi connectivity index (χ0v) is 16.5. The number of amides is 1. The van der Waals surface area contributed by atoms with Gasteiger partial charge in [-0.1, -0.05) is 0 Å². The molecule has 2 saturated heterocycles. The molecule has 5 nitrogen and oxygen atoms in total. The van der Waals surface area contributed by atoms with Gasteiger partial charge in [-0.25, -0.2) is 4.39 Å². The Bertz CT molecular complexity index is 650. The zero-order chi connectivity index (χ0) is 18.2. The standard InChI is InChI=1S/C18H26BFN2O3.ClH/c1-17(2)18(3,4)25-19(24-17)14-10-12(7-8-15(14)20)16(23)22-13-6-5-9-21-11-13;/h7-8,10,13,21H,5-6,9,11H2,1-4H3,(H,22,23);1H/t13-;/m1./s1. The summed E-state index contributed by atoms with van der Waals surface area (Å²) in [5.41, 5.74) is -0.448. The summed E-state index contributed by atoms with van der Waals surface area (Å²) in [6.07, 6.45) is 1.98. The van der Waals surface area contributed by atoms with E-state index in [0.717, 1.165) is 25.9 Å². The van der Waals surface area contributed by atoms with Crippen LogP contribution in [0.25, 0.3) is 0 Å². The van der Waals surface area contributed by atoms with Crippen molar-refractivity contribution in [1.82, 2.24) is 10.6 Å². The Morgan fingerprint density at radius 3 is 2.50 bits per heavy atom. The molecule has 2 heterocycles. The Hall–Kier alpha value is -1.15. The lowest BCUT2D eigenvalue weighted by Gasteiger charge is -2.32. The van der Waals surface area contributed by atoms with E-state index in [9.17, 15) is 9.18 Å². The van der Waals surface area contributed by atoms with Crippen LogP contribution in [-0.2, 0) is 9.31 Å². The summed E-state index contributed by atoms with van der Waals surface area (Å²) in [6, 6.07) is 4.43. The van der Waals surface area contributed by atoms with E-state index < -0.39 is 24.1 Å². The minimum Gasteiger partial charge on any atom is -0.399 e. The number of hydrogen-bond donors (Lipinski definition) is 2. The molecular weight excluding hydrogens is 357 g/mol. The van der Waals surface area contributed by atoms with Crippen molar-refractivity contribution in [3.8, 4) is 0 Å². The summed E-state index contributed by atoms with van der Waals surface area (Å²) in [7, 11) is -0.825. The van der Waals surface area contributed by atoms with Gasteiger partial charge in [-0.2, -0.15) is 0 Å². The number of hydrogen-bond acceptors (Lipinski definition) is 4. The second kappa shape index (κ2) is 7.84. The van der Waals surface area contributed by atoms with Crippen LogP contribution in [-0.4, -0.2) is 43.4 Å². The number of halogens is 2. The van der Waals surface area contributed by atoms with Gasteiger partial charge in [0.05, 0.1) is 11.2 Å². The first-order valence-electron chi connectivity index (χ1n) is 8.86. The first-order valence-corrected chi connectivity index (χ1v) is 8.86. The normalized spacial score (nSPS) is 24.0. The number of nitrogens with one attached hydrogen (secondary N) is 2. The number of benzene rings is 1. The highest BCUT2D eigenvalue weighted by molar-refractivity contribution is 6.62. The van der Waals surface area contributed by atoms with Crippen molar-refractivity contribution < 1.29 is 18.5 Å². The number of carbonyl (C=O) groups is 1. The molecule has 1 amide bonds. The summed E-state index contributed by atoms with van der Waals surface area (Å²) < 4.78 is 26.2. The van der Waals surface area contributed by atoms with Crippen molar-refractivity contribution in [2.75, 3.05) is 13.1 Å². The molecule has 0 aliphatic carbocycles. The molecule has 26 heavy (non-hydrogen) atoms. The van der Waals surface area contributed by atoms with Crippen molar-refractivity contribution in [3.05, 3.63) is 29.6 Å². The van der Waals surface area contributed by atoms with Gasteiger partial charge in [-0.3, -0.25) is 4.79 Å². The monoisotopic (exact) mass is 384 g/mol. The van der Waals surface area contributed by atoms with E-state index in [2.05, 4.69) is 10.6 Å². The molecule has 0 unspecified atom stereocenters. The Morgan fingerprint density at radius 1 is 1.27 bits per heavy atom. The van der Waals surface area contributed by atoms with E-state index in [1.54, 1.807) is 0 Å². The van der Waals surface area contributed by atoms with Gasteiger partial charge >= 0.3 is 7.12 Å². The SMILES string of the molecule is CC1(C)OB(c2cc(C(=O)N[C@@H]3CCCNC3)ccc2F)OC1(C)C.Cl. The lowest BCUT2D eigenvalue weighted by atomic mass is 9.78. The minimum absolute atomic E-state index is 0. The lowest BCUT2D eigenvalue weighted by Crippen LogP contribution is -2.46. The minimum atomic E-state index is -0.825. The predicted octanol–water partition coefficient (Wildman–Crippen LogP) is 2.03. The molecule has 3 rings (SSSR count). The molecule has 1 aromatic rings. The van der Waals surface area contributed by atoms with Gasteiger partial charge in [0.1, 0.15) is 5.82 Å². The van der Waals surface area contributed by atoms with Crippen LogP contribution in [0.1, 0.15) is 50.9 Å². The first kappa shape index (κ1) is 21.2. The third kappa shape index (κ3) is 4.22. The molecule has 2 N–H and O–H groups in total. The molecule has 2 aliphatic rings. The van der Waals surface area contributed by atoms with Crippen molar-refractivity contribution in [1.29, 1.82) is 0 Å². The van der Waals surface area contributed by atoms with Gasteiger partial charge in [0.25, 0.3) is 5.91 Å². The van der Waals surface area contributed by atoms with Gasteiger partial charge < -0.3 is 19.9 Å². The van der Waals surface area contributed by atoms with Crippen molar-refractivity contribution in [3.63, 3.8) is 0 Å². The summed E-state index contributed by atoms with van der Waals surface area (Å²) in [4.78, 5) is 12.5. The van der Waals surface area contributed by atoms with Gasteiger partial charge in [0.15, 0.2) is 0 Å². The molecule has 0 aromatic heterocycles. The summed E-state index contributed by atoms with van der Waals surface area (Å²) in [6.45, 7) is 9.40. The predicted molar refractivity (Wildman–Crippen MR) is 103 cm³/mol. The fourth-order valence-electron chi connectivity index (χ4n) is 3.08. The second-order valence-corrected chi connectivity index (χ2v) is 7.84. The van der Waals surface area contributed by atoms with Crippen molar-refractivity contribution in [2.24, 2.45) is 0 Å². The van der Waals surface area contributed by atoms with Crippen LogP contribution in [0.5, 0.6) is 0 Å². The maximum atomic E-state index is 14.3. The zero-order valence-electron chi connectivity index (χ0n) is 15.7. The second-order valence-electron chi connectivity index (χ2n) is 7.84. The smallest absolute Gasteiger partial charge is 0.399 e. The third-order valence-corrected chi connectivity index (χ3v) is 5.40. The van der Waals surface area contributed by atoms with Crippen LogP contribution in [0, 0.1) is 5.82 Å². The fraction of sp³-hybridized carbons (Fsp3) is 0.611. The van der Waals surface area contributed by atoms with Crippen LogP contribution in [0.3, 0.4) is 0 Å².